The lowest BCUT2D eigenvalue weighted by molar-refractivity contribution is 0.198. The van der Waals surface area contributed by atoms with Crippen LogP contribution in [0.3, 0.4) is 0 Å². The molecular formula is C21H29BrIN5. The fourth-order valence-electron chi connectivity index (χ4n) is 3.25. The van der Waals surface area contributed by atoms with Crippen molar-refractivity contribution in [2.75, 3.05) is 19.6 Å². The van der Waals surface area contributed by atoms with E-state index in [2.05, 4.69) is 72.6 Å². The van der Waals surface area contributed by atoms with Crippen molar-refractivity contribution >= 4 is 45.9 Å². The molecule has 0 atom stereocenters. The number of nitrogens with one attached hydrogen (secondary N) is 2. The fraction of sp³-hybridized carbons (Fsp3) is 0.429. The highest BCUT2D eigenvalue weighted by Gasteiger charge is 2.20. The molecule has 2 N–H and O–H groups in total. The van der Waals surface area contributed by atoms with Crippen LogP contribution < -0.4 is 10.6 Å². The Balaban J connectivity index is 0.00000280. The lowest BCUT2D eigenvalue weighted by Gasteiger charge is -2.33. The molecule has 0 aliphatic carbocycles. The number of hydrogen-bond donors (Lipinski definition) is 2. The van der Waals surface area contributed by atoms with Gasteiger partial charge in [-0.2, -0.15) is 0 Å². The van der Waals surface area contributed by atoms with E-state index in [1.165, 1.54) is 5.56 Å². The first-order valence-electron chi connectivity index (χ1n) is 9.64. The topological polar surface area (TPSA) is 52.6 Å². The molecule has 7 heteroatoms. The van der Waals surface area contributed by atoms with E-state index in [1.807, 2.05) is 24.4 Å². The monoisotopic (exact) mass is 557 g/mol. The number of halogens is 2. The van der Waals surface area contributed by atoms with Crippen molar-refractivity contribution in [2.24, 2.45) is 4.99 Å². The van der Waals surface area contributed by atoms with Gasteiger partial charge in [0, 0.05) is 42.9 Å². The Bertz CT molecular complexity index is 715. The second-order valence-electron chi connectivity index (χ2n) is 6.84. The molecule has 0 spiro atoms. The quantitative estimate of drug-likeness (QED) is 0.318. The van der Waals surface area contributed by atoms with E-state index in [-0.39, 0.29) is 24.0 Å². The predicted molar refractivity (Wildman–Crippen MR) is 130 cm³/mol. The molecule has 28 heavy (non-hydrogen) atoms. The summed E-state index contributed by atoms with van der Waals surface area (Å²) in [6.45, 7) is 6.78. The smallest absolute Gasteiger partial charge is 0.191 e. The van der Waals surface area contributed by atoms with Crippen molar-refractivity contribution in [2.45, 2.75) is 38.9 Å². The minimum atomic E-state index is 0. The number of guanidine groups is 1. The summed E-state index contributed by atoms with van der Waals surface area (Å²) in [6, 6.07) is 15.0. The number of piperidine rings is 1. The van der Waals surface area contributed by atoms with Crippen molar-refractivity contribution in [3.05, 3.63) is 64.4 Å². The van der Waals surface area contributed by atoms with Gasteiger partial charge in [-0.3, -0.25) is 9.88 Å². The van der Waals surface area contributed by atoms with Gasteiger partial charge in [-0.05, 0) is 49.6 Å². The van der Waals surface area contributed by atoms with Crippen LogP contribution in [-0.4, -0.2) is 41.5 Å². The van der Waals surface area contributed by atoms with Crippen LogP contribution in [0.25, 0.3) is 0 Å². The van der Waals surface area contributed by atoms with E-state index in [9.17, 15) is 0 Å². The van der Waals surface area contributed by atoms with E-state index in [0.29, 0.717) is 12.6 Å². The summed E-state index contributed by atoms with van der Waals surface area (Å²) >= 11 is 3.50. The molecule has 0 bridgehead atoms. The SMILES string of the molecule is CCNC(=NCc1ccccn1)NC1CCN(Cc2ccc(Br)cc2)CC1.I. The van der Waals surface area contributed by atoms with Gasteiger partial charge in [0.05, 0.1) is 12.2 Å². The minimum Gasteiger partial charge on any atom is -0.357 e. The number of likely N-dealkylation sites (tertiary alicyclic amines) is 1. The first-order valence-corrected chi connectivity index (χ1v) is 10.4. The molecule has 1 saturated heterocycles. The maximum atomic E-state index is 4.69. The lowest BCUT2D eigenvalue weighted by atomic mass is 10.0. The van der Waals surface area contributed by atoms with Gasteiger partial charge in [0.25, 0.3) is 0 Å². The molecular weight excluding hydrogens is 529 g/mol. The van der Waals surface area contributed by atoms with E-state index in [1.54, 1.807) is 0 Å². The van der Waals surface area contributed by atoms with Gasteiger partial charge in [0.2, 0.25) is 0 Å². The van der Waals surface area contributed by atoms with Crippen LogP contribution in [0.1, 0.15) is 31.0 Å². The molecule has 1 aromatic carbocycles. The van der Waals surface area contributed by atoms with Crippen LogP contribution in [0.15, 0.2) is 58.1 Å². The van der Waals surface area contributed by atoms with Gasteiger partial charge in [0.15, 0.2) is 5.96 Å². The van der Waals surface area contributed by atoms with Crippen LogP contribution in [0.5, 0.6) is 0 Å². The van der Waals surface area contributed by atoms with Gasteiger partial charge in [0.1, 0.15) is 0 Å². The van der Waals surface area contributed by atoms with E-state index in [4.69, 9.17) is 0 Å². The van der Waals surface area contributed by atoms with Crippen molar-refractivity contribution in [1.29, 1.82) is 0 Å². The molecule has 1 aromatic heterocycles. The number of hydrogen-bond acceptors (Lipinski definition) is 3. The molecule has 5 nitrogen and oxygen atoms in total. The second kappa shape index (κ2) is 12.4. The Morgan fingerprint density at radius 3 is 2.57 bits per heavy atom. The molecule has 2 aromatic rings. The number of benzene rings is 1. The summed E-state index contributed by atoms with van der Waals surface area (Å²) in [7, 11) is 0. The zero-order valence-corrected chi connectivity index (χ0v) is 20.2. The highest BCUT2D eigenvalue weighted by atomic mass is 127. The summed E-state index contributed by atoms with van der Waals surface area (Å²) in [5.41, 5.74) is 2.36. The van der Waals surface area contributed by atoms with E-state index in [0.717, 1.165) is 55.1 Å². The fourth-order valence-corrected chi connectivity index (χ4v) is 3.51. The average molecular weight is 558 g/mol. The molecule has 1 aliphatic rings. The maximum Gasteiger partial charge on any atom is 0.191 e. The van der Waals surface area contributed by atoms with E-state index < -0.39 is 0 Å². The number of rotatable bonds is 6. The average Bonchev–Trinajstić information content (AvgIpc) is 2.70. The number of pyridine rings is 1. The highest BCUT2D eigenvalue weighted by Crippen LogP contribution is 2.16. The summed E-state index contributed by atoms with van der Waals surface area (Å²) < 4.78 is 1.13. The number of aliphatic imine (C=N–C) groups is 1. The van der Waals surface area contributed by atoms with Crippen LogP contribution in [0.2, 0.25) is 0 Å². The molecule has 0 unspecified atom stereocenters. The Morgan fingerprint density at radius 1 is 1.18 bits per heavy atom. The third-order valence-corrected chi connectivity index (χ3v) is 5.25. The molecule has 152 valence electrons. The largest absolute Gasteiger partial charge is 0.357 e. The Morgan fingerprint density at radius 2 is 1.93 bits per heavy atom. The van der Waals surface area contributed by atoms with Crippen molar-refractivity contribution in [3.63, 3.8) is 0 Å². The standard InChI is InChI=1S/C21H28BrN5.HI/c1-2-23-21(25-15-20-5-3-4-12-24-20)26-19-10-13-27(14-11-19)16-17-6-8-18(22)9-7-17;/h3-9,12,19H,2,10-11,13-16H2,1H3,(H2,23,25,26);1H. The summed E-state index contributed by atoms with van der Waals surface area (Å²) in [6.07, 6.45) is 4.07. The zero-order valence-electron chi connectivity index (χ0n) is 16.3. The molecule has 3 rings (SSSR count). The molecule has 1 aliphatic heterocycles. The van der Waals surface area contributed by atoms with Crippen LogP contribution in [0.4, 0.5) is 0 Å². The Labute approximate surface area is 193 Å². The highest BCUT2D eigenvalue weighted by molar-refractivity contribution is 14.0. The molecule has 0 radical (unpaired) electrons. The molecule has 0 amide bonds. The normalized spacial score (nSPS) is 15.7. The Kier molecular flexibility index (Phi) is 10.2. The van der Waals surface area contributed by atoms with Crippen molar-refractivity contribution in [3.8, 4) is 0 Å². The minimum absolute atomic E-state index is 0. The molecule has 2 heterocycles. The third-order valence-electron chi connectivity index (χ3n) is 4.72. The van der Waals surface area contributed by atoms with Gasteiger partial charge in [-0.15, -0.1) is 24.0 Å². The summed E-state index contributed by atoms with van der Waals surface area (Å²) in [4.78, 5) is 11.6. The number of aromatic nitrogens is 1. The first kappa shape index (κ1) is 23.1. The molecule has 0 saturated carbocycles. The maximum absolute atomic E-state index is 4.69. The summed E-state index contributed by atoms with van der Waals surface area (Å²) in [5.74, 6) is 0.884. The van der Waals surface area contributed by atoms with Crippen LogP contribution in [-0.2, 0) is 13.1 Å². The molecule has 1 fully saturated rings. The van der Waals surface area contributed by atoms with Crippen LogP contribution in [0, 0.1) is 0 Å². The Hall–Kier alpha value is -1.19. The van der Waals surface area contributed by atoms with Gasteiger partial charge in [-0.1, -0.05) is 34.1 Å². The van der Waals surface area contributed by atoms with Gasteiger partial charge < -0.3 is 10.6 Å². The third kappa shape index (κ3) is 7.67. The summed E-state index contributed by atoms with van der Waals surface area (Å²) in [5, 5.41) is 6.95. The van der Waals surface area contributed by atoms with Gasteiger partial charge >= 0.3 is 0 Å². The van der Waals surface area contributed by atoms with Crippen molar-refractivity contribution < 1.29 is 0 Å². The van der Waals surface area contributed by atoms with Gasteiger partial charge in [-0.25, -0.2) is 4.99 Å². The predicted octanol–water partition coefficient (Wildman–Crippen LogP) is 4.18. The van der Waals surface area contributed by atoms with Crippen molar-refractivity contribution in [1.82, 2.24) is 20.5 Å². The van der Waals surface area contributed by atoms with Crippen LogP contribution >= 0.6 is 39.9 Å². The number of nitrogens with zero attached hydrogens (tertiary/aromatic N) is 3. The first-order chi connectivity index (χ1) is 13.2. The van der Waals surface area contributed by atoms with E-state index >= 15 is 0 Å². The second-order valence-corrected chi connectivity index (χ2v) is 7.75. The lowest BCUT2D eigenvalue weighted by Crippen LogP contribution is -2.48. The zero-order chi connectivity index (χ0) is 18.9.